The molecule has 1 aliphatic heterocycles. The SMILES string of the molecule is Cc1cc(-c2cccc(S(C)(=O)=O)c2)c(Cl)cc1C1=C(N)C2(CCCN(CC(=O)NCc3ccnn3C)C2)CC1=O. The Bertz CT molecular complexity index is 1680. The van der Waals surface area contributed by atoms with Gasteiger partial charge in [-0.1, -0.05) is 23.7 Å². The first-order valence-electron chi connectivity index (χ1n) is 13.5. The molecule has 3 aromatic rings. The molecule has 1 spiro atoms. The van der Waals surface area contributed by atoms with Crippen molar-refractivity contribution >= 4 is 38.7 Å². The van der Waals surface area contributed by atoms with Gasteiger partial charge in [-0.05, 0) is 73.3 Å². The molecule has 5 rings (SSSR count). The van der Waals surface area contributed by atoms with Crippen molar-refractivity contribution in [2.45, 2.75) is 37.6 Å². The van der Waals surface area contributed by atoms with Gasteiger partial charge in [0.2, 0.25) is 5.91 Å². The van der Waals surface area contributed by atoms with E-state index in [1.165, 1.54) is 6.26 Å². The van der Waals surface area contributed by atoms with Gasteiger partial charge in [0.25, 0.3) is 0 Å². The summed E-state index contributed by atoms with van der Waals surface area (Å²) in [5.41, 5.74) is 11.1. The second-order valence-electron chi connectivity index (χ2n) is 11.2. The number of benzene rings is 2. The summed E-state index contributed by atoms with van der Waals surface area (Å²) < 4.78 is 25.9. The topological polar surface area (TPSA) is 127 Å². The van der Waals surface area contributed by atoms with E-state index in [9.17, 15) is 18.0 Å². The maximum atomic E-state index is 13.5. The zero-order valence-corrected chi connectivity index (χ0v) is 25.0. The number of halogens is 1. The lowest BCUT2D eigenvalue weighted by atomic mass is 9.77. The molecule has 3 N–H and O–H groups in total. The van der Waals surface area contributed by atoms with E-state index in [-0.39, 0.29) is 29.6 Å². The maximum Gasteiger partial charge on any atom is 0.234 e. The third-order valence-electron chi connectivity index (χ3n) is 8.19. The summed E-state index contributed by atoms with van der Waals surface area (Å²) in [5.74, 6) is -0.121. The van der Waals surface area contributed by atoms with Gasteiger partial charge in [0.15, 0.2) is 15.6 Å². The maximum absolute atomic E-state index is 13.5. The second-order valence-corrected chi connectivity index (χ2v) is 13.6. The molecule has 1 saturated heterocycles. The van der Waals surface area contributed by atoms with Gasteiger partial charge in [-0.25, -0.2) is 8.42 Å². The molecule has 2 aliphatic rings. The Hall–Kier alpha value is -3.47. The van der Waals surface area contributed by atoms with Crippen LogP contribution in [0.15, 0.2) is 59.3 Å². The van der Waals surface area contributed by atoms with E-state index in [4.69, 9.17) is 17.3 Å². The highest BCUT2D eigenvalue weighted by Gasteiger charge is 2.47. The van der Waals surface area contributed by atoms with Gasteiger partial charge < -0.3 is 11.1 Å². The van der Waals surface area contributed by atoms with Gasteiger partial charge in [0, 0.05) is 59.7 Å². The number of Topliss-reactive ketones (excluding diaryl/α,β-unsaturated/α-hetero) is 1. The number of sulfone groups is 1. The van der Waals surface area contributed by atoms with E-state index in [1.54, 1.807) is 35.1 Å². The Balaban J connectivity index is 1.38. The molecule has 0 bridgehead atoms. The molecule has 1 unspecified atom stereocenters. The van der Waals surface area contributed by atoms with Crippen molar-refractivity contribution in [2.24, 2.45) is 18.2 Å². The monoisotopic (exact) mass is 595 g/mol. The van der Waals surface area contributed by atoms with Crippen LogP contribution in [0.4, 0.5) is 0 Å². The third-order valence-corrected chi connectivity index (χ3v) is 9.61. The minimum Gasteiger partial charge on any atom is -0.401 e. The fraction of sp³-hybridized carbons (Fsp3) is 0.367. The first kappa shape index (κ1) is 29.0. The van der Waals surface area contributed by atoms with Crippen molar-refractivity contribution in [3.05, 3.63) is 76.2 Å². The number of likely N-dealkylation sites (tertiary alicyclic amines) is 1. The molecule has 1 atom stereocenters. The van der Waals surface area contributed by atoms with E-state index < -0.39 is 15.3 Å². The van der Waals surface area contributed by atoms with Gasteiger partial charge in [0.05, 0.1) is 23.7 Å². The van der Waals surface area contributed by atoms with Crippen LogP contribution in [0.3, 0.4) is 0 Å². The Kier molecular flexibility index (Phi) is 7.84. The van der Waals surface area contributed by atoms with Crippen LogP contribution in [-0.2, 0) is 33.0 Å². The van der Waals surface area contributed by atoms with Crippen LogP contribution in [0, 0.1) is 12.3 Å². The van der Waals surface area contributed by atoms with E-state index >= 15 is 0 Å². The van der Waals surface area contributed by atoms with Crippen molar-refractivity contribution < 1.29 is 18.0 Å². The minimum atomic E-state index is -3.38. The Labute approximate surface area is 245 Å². The number of ketones is 1. The number of rotatable bonds is 7. The van der Waals surface area contributed by atoms with Gasteiger partial charge in [-0.15, -0.1) is 0 Å². The number of amides is 1. The lowest BCUT2D eigenvalue weighted by molar-refractivity contribution is -0.123. The van der Waals surface area contributed by atoms with E-state index in [0.717, 1.165) is 30.6 Å². The number of nitrogens with zero attached hydrogens (tertiary/aromatic N) is 3. The van der Waals surface area contributed by atoms with Crippen LogP contribution in [0.1, 0.15) is 36.1 Å². The molecule has 11 heteroatoms. The fourth-order valence-electron chi connectivity index (χ4n) is 6.02. The Morgan fingerprint density at radius 3 is 2.68 bits per heavy atom. The molecular formula is C30H34ClN5O4S. The lowest BCUT2D eigenvalue weighted by Gasteiger charge is -2.40. The molecule has 41 heavy (non-hydrogen) atoms. The fourth-order valence-corrected chi connectivity index (χ4v) is 6.96. The van der Waals surface area contributed by atoms with Gasteiger partial charge in [-0.2, -0.15) is 5.10 Å². The summed E-state index contributed by atoms with van der Waals surface area (Å²) >= 11 is 6.73. The number of carbonyl (C=O) groups is 2. The molecule has 1 aromatic heterocycles. The first-order valence-corrected chi connectivity index (χ1v) is 15.8. The van der Waals surface area contributed by atoms with Crippen molar-refractivity contribution in [3.63, 3.8) is 0 Å². The minimum absolute atomic E-state index is 0.0315. The van der Waals surface area contributed by atoms with Gasteiger partial charge in [-0.3, -0.25) is 19.2 Å². The quantitative estimate of drug-likeness (QED) is 0.428. The molecule has 9 nitrogen and oxygen atoms in total. The highest BCUT2D eigenvalue weighted by molar-refractivity contribution is 7.90. The molecule has 216 valence electrons. The highest BCUT2D eigenvalue weighted by atomic mass is 35.5. The summed E-state index contributed by atoms with van der Waals surface area (Å²) in [6.45, 7) is 3.80. The van der Waals surface area contributed by atoms with Crippen molar-refractivity contribution in [3.8, 4) is 11.1 Å². The van der Waals surface area contributed by atoms with Crippen LogP contribution in [-0.4, -0.2) is 60.7 Å². The number of hydrogen-bond donors (Lipinski definition) is 2. The van der Waals surface area contributed by atoms with Crippen molar-refractivity contribution in [1.29, 1.82) is 0 Å². The van der Waals surface area contributed by atoms with Crippen LogP contribution >= 0.6 is 11.6 Å². The predicted octanol–water partition coefficient (Wildman–Crippen LogP) is 3.49. The molecule has 1 fully saturated rings. The standard InChI is InChI=1S/C30H34ClN5O4S/c1-19-12-24(20-6-4-7-22(13-20)41(3,39)40)25(31)14-23(19)28-26(37)15-30(29(28)32)9-5-11-36(18-30)17-27(38)33-16-21-8-10-34-35(21)2/h4,6-8,10,12-14H,5,9,11,15-18,32H2,1-3H3,(H,33,38). The summed E-state index contributed by atoms with van der Waals surface area (Å²) in [6.07, 6.45) is 4.74. The van der Waals surface area contributed by atoms with Crippen LogP contribution in [0.25, 0.3) is 16.7 Å². The summed E-state index contributed by atoms with van der Waals surface area (Å²) in [5, 5.41) is 7.48. The number of nitrogens with two attached hydrogens (primary N) is 1. The number of allylic oxidation sites excluding steroid dienone is 1. The van der Waals surface area contributed by atoms with Crippen LogP contribution in [0.5, 0.6) is 0 Å². The smallest absolute Gasteiger partial charge is 0.234 e. The van der Waals surface area contributed by atoms with Crippen molar-refractivity contribution in [2.75, 3.05) is 25.9 Å². The normalized spacial score (nSPS) is 19.8. The molecular weight excluding hydrogens is 562 g/mol. The van der Waals surface area contributed by atoms with E-state index in [2.05, 4.69) is 15.3 Å². The average molecular weight is 596 g/mol. The summed E-state index contributed by atoms with van der Waals surface area (Å²) in [6, 6.07) is 12.1. The largest absolute Gasteiger partial charge is 0.401 e. The number of piperidine rings is 1. The van der Waals surface area contributed by atoms with Gasteiger partial charge >= 0.3 is 0 Å². The zero-order chi connectivity index (χ0) is 29.5. The van der Waals surface area contributed by atoms with Gasteiger partial charge in [0.1, 0.15) is 0 Å². The first-order chi connectivity index (χ1) is 19.4. The molecule has 0 radical (unpaired) electrons. The van der Waals surface area contributed by atoms with E-state index in [1.807, 2.05) is 32.2 Å². The number of aryl methyl sites for hydroxylation is 2. The number of nitrogens with one attached hydrogen (secondary N) is 1. The van der Waals surface area contributed by atoms with Crippen molar-refractivity contribution in [1.82, 2.24) is 20.0 Å². The Morgan fingerprint density at radius 1 is 1.20 bits per heavy atom. The summed E-state index contributed by atoms with van der Waals surface area (Å²) in [7, 11) is -1.55. The molecule has 2 aromatic carbocycles. The predicted molar refractivity (Wildman–Crippen MR) is 159 cm³/mol. The second kappa shape index (κ2) is 11.1. The number of carbonyl (C=O) groups excluding carboxylic acids is 2. The van der Waals surface area contributed by atoms with Crippen LogP contribution < -0.4 is 11.1 Å². The zero-order valence-electron chi connectivity index (χ0n) is 23.4. The number of hydrogen-bond acceptors (Lipinski definition) is 7. The Morgan fingerprint density at radius 2 is 1.98 bits per heavy atom. The summed E-state index contributed by atoms with van der Waals surface area (Å²) in [4.78, 5) is 28.5. The highest BCUT2D eigenvalue weighted by Crippen LogP contribution is 2.49. The third kappa shape index (κ3) is 5.82. The molecule has 2 heterocycles. The van der Waals surface area contributed by atoms with E-state index in [0.29, 0.717) is 46.1 Å². The molecule has 1 aliphatic carbocycles. The lowest BCUT2D eigenvalue weighted by Crippen LogP contribution is -2.48. The van der Waals surface area contributed by atoms with Crippen LogP contribution in [0.2, 0.25) is 5.02 Å². The average Bonchev–Trinajstić information content (AvgIpc) is 3.42. The molecule has 0 saturated carbocycles. The number of aromatic nitrogens is 2. The molecule has 1 amide bonds.